The van der Waals surface area contributed by atoms with E-state index in [2.05, 4.69) is 6.92 Å². The zero-order chi connectivity index (χ0) is 13.1. The monoisotopic (exact) mass is 260 g/mol. The molecule has 1 aromatic carbocycles. The van der Waals surface area contributed by atoms with Gasteiger partial charge in [0, 0.05) is 0 Å². The fraction of sp³-hybridized carbons (Fsp3) is 0.267. The van der Waals surface area contributed by atoms with E-state index in [1.54, 1.807) is 7.11 Å². The van der Waals surface area contributed by atoms with E-state index in [1.807, 2.05) is 36.6 Å². The minimum atomic E-state index is 0.0578. The molecule has 3 heteroatoms. The van der Waals surface area contributed by atoms with Gasteiger partial charge in [-0.05, 0) is 42.5 Å². The Hall–Kier alpha value is -1.61. The van der Waals surface area contributed by atoms with Gasteiger partial charge < -0.3 is 4.74 Å². The second kappa shape index (κ2) is 5.36. The topological polar surface area (TPSA) is 26.3 Å². The summed E-state index contributed by atoms with van der Waals surface area (Å²) in [6.07, 6.45) is 0.874. The van der Waals surface area contributed by atoms with Crippen LogP contribution >= 0.6 is 11.3 Å². The summed E-state index contributed by atoms with van der Waals surface area (Å²) in [4.78, 5) is 13.4. The third-order valence-electron chi connectivity index (χ3n) is 2.93. The molecule has 0 aliphatic carbocycles. The van der Waals surface area contributed by atoms with Crippen molar-refractivity contribution in [1.82, 2.24) is 0 Å². The first-order chi connectivity index (χ1) is 8.67. The molecule has 0 saturated carbocycles. The number of hydrogen-bond acceptors (Lipinski definition) is 3. The molecule has 0 fully saturated rings. The molecule has 0 aliphatic rings. The maximum absolute atomic E-state index is 12.5. The summed E-state index contributed by atoms with van der Waals surface area (Å²) < 4.78 is 5.28. The lowest BCUT2D eigenvalue weighted by molar-refractivity contribution is 0.103. The zero-order valence-electron chi connectivity index (χ0n) is 10.8. The molecule has 2 aromatic rings. The van der Waals surface area contributed by atoms with E-state index >= 15 is 0 Å². The lowest BCUT2D eigenvalue weighted by Gasteiger charge is -2.08. The predicted molar refractivity (Wildman–Crippen MR) is 74.9 cm³/mol. The number of hydrogen-bond donors (Lipinski definition) is 0. The highest BCUT2D eigenvalue weighted by atomic mass is 32.1. The van der Waals surface area contributed by atoms with Crippen LogP contribution in [0.4, 0.5) is 0 Å². The van der Waals surface area contributed by atoms with Gasteiger partial charge in [0.25, 0.3) is 0 Å². The lowest BCUT2D eigenvalue weighted by Crippen LogP contribution is -2.04. The molecule has 1 heterocycles. The summed E-state index contributed by atoms with van der Waals surface area (Å²) in [5, 5.41) is 1.97. The second-order valence-corrected chi connectivity index (χ2v) is 5.08. The molecule has 2 nitrogen and oxygen atoms in total. The maximum atomic E-state index is 12.5. The van der Waals surface area contributed by atoms with E-state index in [9.17, 15) is 4.79 Å². The Balaban J connectivity index is 2.48. The van der Waals surface area contributed by atoms with Gasteiger partial charge in [-0.1, -0.05) is 18.6 Å². The van der Waals surface area contributed by atoms with Crippen molar-refractivity contribution in [2.24, 2.45) is 0 Å². The zero-order valence-corrected chi connectivity index (χ0v) is 11.6. The Bertz CT molecular complexity index is 570. The minimum absolute atomic E-state index is 0.0578. The summed E-state index contributed by atoms with van der Waals surface area (Å²) in [6.45, 7) is 4.04. The number of thiophene rings is 1. The standard InChI is InChI=1S/C15H16O2S/c1-4-11-7-8-18-15(11)14(16)12-9-10(2)5-6-13(12)17-3/h5-9H,4H2,1-3H3. The van der Waals surface area contributed by atoms with Crippen LogP contribution in [0.5, 0.6) is 5.75 Å². The van der Waals surface area contributed by atoms with Crippen LogP contribution in [0, 0.1) is 6.92 Å². The van der Waals surface area contributed by atoms with Crippen LogP contribution < -0.4 is 4.74 Å². The van der Waals surface area contributed by atoms with Crippen molar-refractivity contribution in [3.8, 4) is 5.75 Å². The normalized spacial score (nSPS) is 10.4. The third-order valence-corrected chi connectivity index (χ3v) is 3.89. The SMILES string of the molecule is CCc1ccsc1C(=O)c1cc(C)ccc1OC. The molecule has 0 spiro atoms. The van der Waals surface area contributed by atoms with E-state index in [-0.39, 0.29) is 5.78 Å². The number of carbonyl (C=O) groups is 1. The molecule has 0 unspecified atom stereocenters. The van der Waals surface area contributed by atoms with Crippen molar-refractivity contribution in [3.05, 3.63) is 51.2 Å². The van der Waals surface area contributed by atoms with E-state index in [4.69, 9.17) is 4.74 Å². The first-order valence-corrected chi connectivity index (χ1v) is 6.81. The first kappa shape index (κ1) is 12.8. The summed E-state index contributed by atoms with van der Waals surface area (Å²) in [6, 6.07) is 7.70. The highest BCUT2D eigenvalue weighted by molar-refractivity contribution is 7.12. The van der Waals surface area contributed by atoms with Crippen LogP contribution in [0.3, 0.4) is 0 Å². The minimum Gasteiger partial charge on any atom is -0.496 e. The fourth-order valence-electron chi connectivity index (χ4n) is 1.93. The molecule has 0 radical (unpaired) electrons. The van der Waals surface area contributed by atoms with E-state index < -0.39 is 0 Å². The molecule has 0 bridgehead atoms. The van der Waals surface area contributed by atoms with Gasteiger partial charge in [0.1, 0.15) is 5.75 Å². The van der Waals surface area contributed by atoms with Crippen molar-refractivity contribution >= 4 is 17.1 Å². The van der Waals surface area contributed by atoms with Gasteiger partial charge >= 0.3 is 0 Å². The average Bonchev–Trinajstić information content (AvgIpc) is 2.86. The van der Waals surface area contributed by atoms with Crippen molar-refractivity contribution < 1.29 is 9.53 Å². The van der Waals surface area contributed by atoms with Gasteiger partial charge in [-0.15, -0.1) is 11.3 Å². The molecule has 2 rings (SSSR count). The van der Waals surface area contributed by atoms with Crippen molar-refractivity contribution in [2.45, 2.75) is 20.3 Å². The quantitative estimate of drug-likeness (QED) is 0.780. The number of benzene rings is 1. The molecular weight excluding hydrogens is 244 g/mol. The number of methoxy groups -OCH3 is 1. The Morgan fingerprint density at radius 3 is 2.78 bits per heavy atom. The van der Waals surface area contributed by atoms with Gasteiger partial charge in [-0.3, -0.25) is 4.79 Å². The Morgan fingerprint density at radius 2 is 2.11 bits per heavy atom. The smallest absolute Gasteiger partial charge is 0.206 e. The number of ketones is 1. The number of carbonyl (C=O) groups excluding carboxylic acids is 1. The molecule has 0 amide bonds. The maximum Gasteiger partial charge on any atom is 0.206 e. The number of aryl methyl sites for hydroxylation is 2. The van der Waals surface area contributed by atoms with Crippen molar-refractivity contribution in [1.29, 1.82) is 0 Å². The molecule has 18 heavy (non-hydrogen) atoms. The molecule has 0 atom stereocenters. The first-order valence-electron chi connectivity index (χ1n) is 5.93. The predicted octanol–water partition coefficient (Wildman–Crippen LogP) is 3.86. The fourth-order valence-corrected chi connectivity index (χ4v) is 2.88. The van der Waals surface area contributed by atoms with Gasteiger partial charge in [-0.25, -0.2) is 0 Å². The van der Waals surface area contributed by atoms with Crippen molar-refractivity contribution in [3.63, 3.8) is 0 Å². The Morgan fingerprint density at radius 1 is 1.33 bits per heavy atom. The molecule has 0 saturated heterocycles. The van der Waals surface area contributed by atoms with Crippen LogP contribution in [0.2, 0.25) is 0 Å². The number of rotatable bonds is 4. The van der Waals surface area contributed by atoms with Gasteiger partial charge in [0.2, 0.25) is 5.78 Å². The second-order valence-electron chi connectivity index (χ2n) is 4.16. The molecule has 0 aliphatic heterocycles. The van der Waals surface area contributed by atoms with Crippen LogP contribution in [0.15, 0.2) is 29.6 Å². The number of ether oxygens (including phenoxy) is 1. The molecule has 0 N–H and O–H groups in total. The molecule has 94 valence electrons. The van der Waals surface area contributed by atoms with Crippen LogP contribution in [-0.4, -0.2) is 12.9 Å². The lowest BCUT2D eigenvalue weighted by atomic mass is 10.0. The van der Waals surface area contributed by atoms with Crippen LogP contribution in [-0.2, 0) is 6.42 Å². The Kier molecular flexibility index (Phi) is 3.82. The highest BCUT2D eigenvalue weighted by Gasteiger charge is 2.18. The van der Waals surface area contributed by atoms with Crippen LogP contribution in [0.25, 0.3) is 0 Å². The third kappa shape index (κ3) is 2.31. The van der Waals surface area contributed by atoms with E-state index in [1.165, 1.54) is 11.3 Å². The summed E-state index contributed by atoms with van der Waals surface area (Å²) in [7, 11) is 1.59. The van der Waals surface area contributed by atoms with Crippen molar-refractivity contribution in [2.75, 3.05) is 7.11 Å². The Labute approximate surface area is 111 Å². The largest absolute Gasteiger partial charge is 0.496 e. The molecule has 1 aromatic heterocycles. The van der Waals surface area contributed by atoms with E-state index in [0.29, 0.717) is 11.3 Å². The van der Waals surface area contributed by atoms with Gasteiger partial charge in [-0.2, -0.15) is 0 Å². The summed E-state index contributed by atoms with van der Waals surface area (Å²) in [5.74, 6) is 0.698. The van der Waals surface area contributed by atoms with Gasteiger partial charge in [0.05, 0.1) is 17.6 Å². The summed E-state index contributed by atoms with van der Waals surface area (Å²) in [5.41, 5.74) is 2.82. The summed E-state index contributed by atoms with van der Waals surface area (Å²) >= 11 is 1.50. The molecular formula is C15H16O2S. The van der Waals surface area contributed by atoms with E-state index in [0.717, 1.165) is 22.4 Å². The highest BCUT2D eigenvalue weighted by Crippen LogP contribution is 2.27. The van der Waals surface area contributed by atoms with Gasteiger partial charge in [0.15, 0.2) is 0 Å². The average molecular weight is 260 g/mol. The van der Waals surface area contributed by atoms with Crippen LogP contribution in [0.1, 0.15) is 33.3 Å².